The van der Waals surface area contributed by atoms with Crippen molar-refractivity contribution >= 4 is 17.5 Å². The summed E-state index contributed by atoms with van der Waals surface area (Å²) < 4.78 is 78.9. The molecule has 1 fully saturated rings. The minimum Gasteiger partial charge on any atom is -0.333 e. The van der Waals surface area contributed by atoms with Crippen molar-refractivity contribution < 1.29 is 35.9 Å². The minimum atomic E-state index is -4.38. The van der Waals surface area contributed by atoms with Gasteiger partial charge in [-0.3, -0.25) is 9.59 Å². The lowest BCUT2D eigenvalue weighted by molar-refractivity contribution is -0.187. The van der Waals surface area contributed by atoms with Crippen LogP contribution in [0.5, 0.6) is 0 Å². The molecule has 0 bridgehead atoms. The summed E-state index contributed by atoms with van der Waals surface area (Å²) in [5, 5.41) is 2.06. The maximum Gasteiger partial charge on any atom is 0.391 e. The zero-order chi connectivity index (χ0) is 21.8. The Morgan fingerprint density at radius 3 is 2.45 bits per heavy atom. The van der Waals surface area contributed by atoms with E-state index in [1.807, 2.05) is 0 Å². The van der Waals surface area contributed by atoms with E-state index in [0.717, 1.165) is 11.0 Å². The molecule has 1 aromatic carbocycles. The molecule has 2 atom stereocenters. The molecule has 2 rings (SSSR count). The molecule has 0 radical (unpaired) electrons. The Hall–Kier alpha value is -2.26. The summed E-state index contributed by atoms with van der Waals surface area (Å²) in [5.74, 6) is -8.58. The van der Waals surface area contributed by atoms with Crippen LogP contribution in [-0.2, 0) is 9.59 Å². The first-order valence-corrected chi connectivity index (χ1v) is 9.33. The first kappa shape index (κ1) is 23.0. The van der Waals surface area contributed by atoms with Gasteiger partial charge in [0.05, 0.1) is 18.2 Å². The summed E-state index contributed by atoms with van der Waals surface area (Å²) in [6, 6.07) is 1.48. The predicted molar refractivity (Wildman–Crippen MR) is 93.3 cm³/mol. The molecule has 1 N–H and O–H groups in total. The number of alkyl halides is 3. The van der Waals surface area contributed by atoms with E-state index in [0.29, 0.717) is 18.9 Å². The van der Waals surface area contributed by atoms with Gasteiger partial charge in [0.25, 0.3) is 0 Å². The molecular weight excluding hydrogens is 402 g/mol. The Morgan fingerprint density at radius 1 is 1.14 bits per heavy atom. The Bertz CT molecular complexity index is 753. The van der Waals surface area contributed by atoms with Crippen molar-refractivity contribution in [3.05, 3.63) is 29.6 Å². The summed E-state index contributed by atoms with van der Waals surface area (Å²) in [4.78, 5) is 26.0. The zero-order valence-corrected chi connectivity index (χ0v) is 15.8. The highest BCUT2D eigenvalue weighted by atomic mass is 19.4. The highest BCUT2D eigenvalue weighted by Crippen LogP contribution is 2.40. The van der Waals surface area contributed by atoms with E-state index in [-0.39, 0.29) is 25.8 Å². The maximum absolute atomic E-state index is 13.7. The maximum atomic E-state index is 13.7. The molecule has 1 aliphatic carbocycles. The van der Waals surface area contributed by atoms with Gasteiger partial charge in [-0.05, 0) is 37.8 Å². The number of benzene rings is 1. The third-order valence-corrected chi connectivity index (χ3v) is 4.94. The standard InChI is InChI=1S/C19H22F6N2O2/c1-2-8-27(18(29)11-4-3-5-12(9-11)19(23,24)25)10-15(28)26-14-7-6-13(20)16(21)17(14)22/h6-7,11-12H,2-5,8-10H2,1H3,(H,26,28)/t11-,12+/m0/s1. The molecular formula is C19H22F6N2O2. The Labute approximate surface area is 164 Å². The van der Waals surface area contributed by atoms with Crippen molar-refractivity contribution in [1.29, 1.82) is 0 Å². The summed E-state index contributed by atoms with van der Waals surface area (Å²) in [6.07, 6.45) is -3.74. The average Bonchev–Trinajstić information content (AvgIpc) is 2.67. The van der Waals surface area contributed by atoms with E-state index in [2.05, 4.69) is 5.32 Å². The lowest BCUT2D eigenvalue weighted by Gasteiger charge is -2.33. The second-order valence-corrected chi connectivity index (χ2v) is 7.13. The highest BCUT2D eigenvalue weighted by molar-refractivity contribution is 5.95. The first-order chi connectivity index (χ1) is 13.5. The molecule has 0 aliphatic heterocycles. The fourth-order valence-electron chi connectivity index (χ4n) is 3.49. The Kier molecular flexibility index (Phi) is 7.54. The van der Waals surface area contributed by atoms with Crippen molar-refractivity contribution in [3.8, 4) is 0 Å². The molecule has 0 spiro atoms. The van der Waals surface area contributed by atoms with Crippen molar-refractivity contribution in [2.45, 2.75) is 45.2 Å². The average molecular weight is 424 g/mol. The number of halogens is 6. The Balaban J connectivity index is 2.06. The van der Waals surface area contributed by atoms with Crippen LogP contribution in [0.4, 0.5) is 32.0 Å². The van der Waals surface area contributed by atoms with E-state index in [4.69, 9.17) is 0 Å². The van der Waals surface area contributed by atoms with Crippen LogP contribution in [-0.4, -0.2) is 36.0 Å². The molecule has 0 heterocycles. The van der Waals surface area contributed by atoms with E-state index in [1.54, 1.807) is 6.92 Å². The number of anilines is 1. The smallest absolute Gasteiger partial charge is 0.333 e. The van der Waals surface area contributed by atoms with Crippen LogP contribution in [0.2, 0.25) is 0 Å². The topological polar surface area (TPSA) is 49.4 Å². The van der Waals surface area contributed by atoms with Crippen molar-refractivity contribution in [3.63, 3.8) is 0 Å². The van der Waals surface area contributed by atoms with Crippen LogP contribution in [0.1, 0.15) is 39.0 Å². The van der Waals surface area contributed by atoms with Crippen LogP contribution in [0.3, 0.4) is 0 Å². The molecule has 1 saturated carbocycles. The van der Waals surface area contributed by atoms with Crippen LogP contribution < -0.4 is 5.32 Å². The molecule has 0 saturated heterocycles. The van der Waals surface area contributed by atoms with E-state index >= 15 is 0 Å². The number of hydrogen-bond acceptors (Lipinski definition) is 2. The van der Waals surface area contributed by atoms with Crippen LogP contribution in [0, 0.1) is 29.3 Å². The van der Waals surface area contributed by atoms with Gasteiger partial charge < -0.3 is 10.2 Å². The van der Waals surface area contributed by atoms with Crippen LogP contribution in [0.25, 0.3) is 0 Å². The van der Waals surface area contributed by atoms with Crippen molar-refractivity contribution in [2.24, 2.45) is 11.8 Å². The van der Waals surface area contributed by atoms with Gasteiger partial charge in [0.15, 0.2) is 17.5 Å². The molecule has 10 heteroatoms. The summed E-state index contributed by atoms with van der Waals surface area (Å²) in [5.41, 5.74) is -0.590. The SMILES string of the molecule is CCCN(CC(=O)Nc1ccc(F)c(F)c1F)C(=O)[C@H]1CCC[C@@H](C(F)(F)F)C1. The van der Waals surface area contributed by atoms with Gasteiger partial charge >= 0.3 is 6.18 Å². The molecule has 2 amide bonds. The van der Waals surface area contributed by atoms with Gasteiger partial charge in [-0.1, -0.05) is 13.3 Å². The molecule has 1 aromatic rings. The normalized spacial score (nSPS) is 19.7. The van der Waals surface area contributed by atoms with E-state index < -0.39 is 59.5 Å². The van der Waals surface area contributed by atoms with Crippen molar-refractivity contribution in [2.75, 3.05) is 18.4 Å². The second kappa shape index (κ2) is 9.49. The third-order valence-electron chi connectivity index (χ3n) is 4.94. The number of carbonyl (C=O) groups is 2. The Morgan fingerprint density at radius 2 is 1.83 bits per heavy atom. The number of hydrogen-bond donors (Lipinski definition) is 1. The fraction of sp³-hybridized carbons (Fsp3) is 0.579. The van der Waals surface area contributed by atoms with Crippen LogP contribution >= 0.6 is 0 Å². The molecule has 0 unspecified atom stereocenters. The zero-order valence-electron chi connectivity index (χ0n) is 15.8. The highest BCUT2D eigenvalue weighted by Gasteiger charge is 2.44. The quantitative estimate of drug-likeness (QED) is 0.534. The molecule has 162 valence electrons. The van der Waals surface area contributed by atoms with Gasteiger partial charge in [0.2, 0.25) is 11.8 Å². The van der Waals surface area contributed by atoms with Gasteiger partial charge in [-0.25, -0.2) is 13.2 Å². The van der Waals surface area contributed by atoms with Crippen molar-refractivity contribution in [1.82, 2.24) is 4.90 Å². The number of carbonyl (C=O) groups excluding carboxylic acids is 2. The third kappa shape index (κ3) is 5.86. The fourth-order valence-corrected chi connectivity index (χ4v) is 3.49. The van der Waals surface area contributed by atoms with Gasteiger partial charge in [0.1, 0.15) is 0 Å². The number of rotatable bonds is 6. The van der Waals surface area contributed by atoms with Crippen LogP contribution in [0.15, 0.2) is 12.1 Å². The number of amides is 2. The molecule has 0 aromatic heterocycles. The second-order valence-electron chi connectivity index (χ2n) is 7.13. The molecule has 29 heavy (non-hydrogen) atoms. The molecule has 4 nitrogen and oxygen atoms in total. The van der Waals surface area contributed by atoms with Gasteiger partial charge in [0, 0.05) is 12.5 Å². The first-order valence-electron chi connectivity index (χ1n) is 9.33. The number of nitrogens with zero attached hydrogens (tertiary/aromatic N) is 1. The summed E-state index contributed by atoms with van der Waals surface area (Å²) in [6.45, 7) is 1.32. The summed E-state index contributed by atoms with van der Waals surface area (Å²) >= 11 is 0. The summed E-state index contributed by atoms with van der Waals surface area (Å²) in [7, 11) is 0. The van der Waals surface area contributed by atoms with Gasteiger partial charge in [-0.2, -0.15) is 13.2 Å². The predicted octanol–water partition coefficient (Wildman–Crippen LogP) is 4.65. The van der Waals surface area contributed by atoms with Gasteiger partial charge in [-0.15, -0.1) is 0 Å². The lowest BCUT2D eigenvalue weighted by Crippen LogP contribution is -2.44. The monoisotopic (exact) mass is 424 g/mol. The largest absolute Gasteiger partial charge is 0.391 e. The van der Waals surface area contributed by atoms with E-state index in [9.17, 15) is 35.9 Å². The minimum absolute atomic E-state index is 0.0308. The molecule has 1 aliphatic rings. The van der Waals surface area contributed by atoms with E-state index in [1.165, 1.54) is 0 Å². The number of nitrogens with one attached hydrogen (secondary N) is 1. The lowest BCUT2D eigenvalue weighted by atomic mass is 9.80.